The molecule has 1 fully saturated rings. The number of carbonyl (C=O) groups excluding carboxylic acids is 1. The van der Waals surface area contributed by atoms with Gasteiger partial charge in [0.1, 0.15) is 5.75 Å². The van der Waals surface area contributed by atoms with Gasteiger partial charge < -0.3 is 9.64 Å². The van der Waals surface area contributed by atoms with E-state index in [0.29, 0.717) is 0 Å². The van der Waals surface area contributed by atoms with Gasteiger partial charge in [-0.05, 0) is 31.4 Å². The average molecular weight is 287 g/mol. The second-order valence-corrected chi connectivity index (χ2v) is 6.16. The van der Waals surface area contributed by atoms with E-state index < -0.39 is 0 Å². The van der Waals surface area contributed by atoms with Crippen molar-refractivity contribution in [1.82, 2.24) is 4.90 Å². The summed E-state index contributed by atoms with van der Waals surface area (Å²) in [6.07, 6.45) is 4.98. The zero-order chi connectivity index (χ0) is 15.5. The molecule has 1 aromatic carbocycles. The lowest BCUT2D eigenvalue weighted by Crippen LogP contribution is -2.51. The number of allylic oxidation sites excluding steroid dienone is 1. The highest BCUT2D eigenvalue weighted by molar-refractivity contribution is 5.50. The molecule has 0 saturated carbocycles. The highest BCUT2D eigenvalue weighted by atomic mass is 16.5. The largest absolute Gasteiger partial charge is 0.496 e. The number of carbonyl (C=O) groups is 1. The molecule has 2 rings (SSSR count). The third kappa shape index (κ3) is 2.97. The fourth-order valence-electron chi connectivity index (χ4n) is 3.45. The van der Waals surface area contributed by atoms with E-state index in [4.69, 9.17) is 4.74 Å². The molecule has 114 valence electrons. The maximum Gasteiger partial charge on any atom is 0.210 e. The lowest BCUT2D eigenvalue weighted by Gasteiger charge is -2.47. The summed E-state index contributed by atoms with van der Waals surface area (Å²) in [5.74, 6) is 0.895. The third-order valence-electron chi connectivity index (χ3n) is 4.79. The number of hydrogen-bond donors (Lipinski definition) is 0. The molecule has 1 amide bonds. The second-order valence-electron chi connectivity index (χ2n) is 6.16. The number of amides is 1. The van der Waals surface area contributed by atoms with E-state index in [0.717, 1.165) is 37.1 Å². The van der Waals surface area contributed by atoms with Crippen LogP contribution in [0.2, 0.25) is 0 Å². The van der Waals surface area contributed by atoms with E-state index in [9.17, 15) is 4.79 Å². The summed E-state index contributed by atoms with van der Waals surface area (Å²) in [5.41, 5.74) is 2.57. The number of benzene rings is 1. The first-order valence-corrected chi connectivity index (χ1v) is 7.53. The Morgan fingerprint density at radius 3 is 2.71 bits per heavy atom. The van der Waals surface area contributed by atoms with Gasteiger partial charge in [0.2, 0.25) is 6.41 Å². The number of rotatable bonds is 4. The van der Waals surface area contributed by atoms with E-state index in [1.165, 1.54) is 5.57 Å². The topological polar surface area (TPSA) is 29.5 Å². The number of ether oxygens (including phenoxy) is 1. The molecule has 3 nitrogen and oxygen atoms in total. The molecule has 0 spiro atoms. The Balaban J connectivity index is 2.35. The summed E-state index contributed by atoms with van der Waals surface area (Å²) in [6, 6.07) is 8.22. The maximum absolute atomic E-state index is 11.5. The van der Waals surface area contributed by atoms with Crippen molar-refractivity contribution in [1.29, 1.82) is 0 Å². The molecule has 0 N–H and O–H groups in total. The van der Waals surface area contributed by atoms with E-state index in [1.807, 2.05) is 23.1 Å². The molecule has 1 saturated heterocycles. The van der Waals surface area contributed by atoms with Crippen molar-refractivity contribution in [3.63, 3.8) is 0 Å². The van der Waals surface area contributed by atoms with Crippen molar-refractivity contribution < 1.29 is 9.53 Å². The zero-order valence-electron chi connectivity index (χ0n) is 13.4. The first-order valence-electron chi connectivity index (χ1n) is 7.53. The van der Waals surface area contributed by atoms with Crippen molar-refractivity contribution >= 4 is 6.41 Å². The molecule has 0 aliphatic carbocycles. The van der Waals surface area contributed by atoms with E-state index in [1.54, 1.807) is 7.11 Å². The maximum atomic E-state index is 11.5. The van der Waals surface area contributed by atoms with Crippen LogP contribution in [0.15, 0.2) is 35.9 Å². The first kappa shape index (κ1) is 15.6. The normalized spacial score (nSPS) is 23.1. The van der Waals surface area contributed by atoms with Gasteiger partial charge in [0.15, 0.2) is 0 Å². The van der Waals surface area contributed by atoms with Crippen molar-refractivity contribution in [3.05, 3.63) is 41.5 Å². The fraction of sp³-hybridized carbons (Fsp3) is 0.500. The fourth-order valence-corrected chi connectivity index (χ4v) is 3.45. The van der Waals surface area contributed by atoms with Crippen LogP contribution < -0.4 is 4.74 Å². The Bertz CT molecular complexity index is 534. The van der Waals surface area contributed by atoms with Crippen LogP contribution >= 0.6 is 0 Å². The monoisotopic (exact) mass is 287 g/mol. The molecule has 21 heavy (non-hydrogen) atoms. The van der Waals surface area contributed by atoms with Crippen LogP contribution in [-0.2, 0) is 11.2 Å². The summed E-state index contributed by atoms with van der Waals surface area (Å²) < 4.78 is 5.46. The van der Waals surface area contributed by atoms with Crippen LogP contribution in [0.1, 0.15) is 32.8 Å². The van der Waals surface area contributed by atoms with Crippen molar-refractivity contribution in [3.8, 4) is 5.75 Å². The minimum atomic E-state index is -0.0191. The van der Waals surface area contributed by atoms with Gasteiger partial charge in [-0.25, -0.2) is 0 Å². The van der Waals surface area contributed by atoms with Crippen LogP contribution in [0.3, 0.4) is 0 Å². The first-order chi connectivity index (χ1) is 10.0. The van der Waals surface area contributed by atoms with Gasteiger partial charge in [-0.1, -0.05) is 43.7 Å². The lowest BCUT2D eigenvalue weighted by molar-refractivity contribution is -0.123. The minimum Gasteiger partial charge on any atom is -0.496 e. The number of likely N-dealkylation sites (tertiary alicyclic amines) is 1. The number of methoxy groups -OCH3 is 1. The van der Waals surface area contributed by atoms with Crippen LogP contribution in [-0.4, -0.2) is 31.0 Å². The Morgan fingerprint density at radius 2 is 2.10 bits per heavy atom. The quantitative estimate of drug-likeness (QED) is 0.627. The Kier molecular flexibility index (Phi) is 4.71. The molecule has 1 aromatic rings. The summed E-state index contributed by atoms with van der Waals surface area (Å²) >= 11 is 0. The van der Waals surface area contributed by atoms with E-state index >= 15 is 0 Å². The highest BCUT2D eigenvalue weighted by Crippen LogP contribution is 2.41. The molecule has 0 aromatic heterocycles. The molecule has 1 heterocycles. The Hall–Kier alpha value is -1.77. The van der Waals surface area contributed by atoms with Crippen molar-refractivity contribution in [2.75, 3.05) is 13.7 Å². The molecule has 1 aliphatic rings. The standard InChI is InChI=1S/C18H25NO2/c1-5-15-10-11-19(13-20)17(18(15,2)3)12-14-8-6-7-9-16(14)21-4/h5-9,13,17H,10-12H2,1-4H3/b15-5+/t17-/m1/s1. The van der Waals surface area contributed by atoms with Gasteiger partial charge in [0.25, 0.3) is 0 Å². The van der Waals surface area contributed by atoms with Crippen LogP contribution in [0, 0.1) is 5.41 Å². The van der Waals surface area contributed by atoms with Gasteiger partial charge in [-0.2, -0.15) is 0 Å². The van der Waals surface area contributed by atoms with Gasteiger partial charge in [0.05, 0.1) is 7.11 Å². The van der Waals surface area contributed by atoms with Gasteiger partial charge in [-0.3, -0.25) is 4.79 Å². The highest BCUT2D eigenvalue weighted by Gasteiger charge is 2.40. The Labute approximate surface area is 127 Å². The predicted molar refractivity (Wildman–Crippen MR) is 85.4 cm³/mol. The molecule has 1 atom stereocenters. The predicted octanol–water partition coefficient (Wildman–Crippen LogP) is 3.44. The second kappa shape index (κ2) is 6.33. The molecule has 3 heteroatoms. The smallest absolute Gasteiger partial charge is 0.210 e. The lowest BCUT2D eigenvalue weighted by atomic mass is 9.70. The molecule has 0 radical (unpaired) electrons. The number of nitrogens with zero attached hydrogens (tertiary/aromatic N) is 1. The number of hydrogen-bond acceptors (Lipinski definition) is 2. The summed E-state index contributed by atoms with van der Waals surface area (Å²) in [6.45, 7) is 7.36. The summed E-state index contributed by atoms with van der Waals surface area (Å²) in [5, 5.41) is 0. The van der Waals surface area contributed by atoms with E-state index in [2.05, 4.69) is 32.9 Å². The average Bonchev–Trinajstić information content (AvgIpc) is 2.49. The molecule has 0 bridgehead atoms. The SMILES string of the molecule is C/C=C1\CCN(C=O)[C@H](Cc2ccccc2OC)C1(C)C. The molecule has 0 unspecified atom stereocenters. The van der Waals surface area contributed by atoms with Crippen LogP contribution in [0.5, 0.6) is 5.75 Å². The van der Waals surface area contributed by atoms with Gasteiger partial charge in [-0.15, -0.1) is 0 Å². The van der Waals surface area contributed by atoms with Gasteiger partial charge in [0, 0.05) is 18.0 Å². The third-order valence-corrected chi connectivity index (χ3v) is 4.79. The molecular weight excluding hydrogens is 262 g/mol. The zero-order valence-corrected chi connectivity index (χ0v) is 13.4. The summed E-state index contributed by atoms with van der Waals surface area (Å²) in [4.78, 5) is 13.4. The van der Waals surface area contributed by atoms with Gasteiger partial charge >= 0.3 is 0 Å². The number of piperidine rings is 1. The van der Waals surface area contributed by atoms with E-state index in [-0.39, 0.29) is 11.5 Å². The summed E-state index contributed by atoms with van der Waals surface area (Å²) in [7, 11) is 1.69. The minimum absolute atomic E-state index is 0.0191. The number of para-hydroxylation sites is 1. The van der Waals surface area contributed by atoms with Crippen LogP contribution in [0.25, 0.3) is 0 Å². The molecule has 1 aliphatic heterocycles. The van der Waals surface area contributed by atoms with Crippen LogP contribution in [0.4, 0.5) is 0 Å². The van der Waals surface area contributed by atoms with Crippen molar-refractivity contribution in [2.24, 2.45) is 5.41 Å². The molecular formula is C18H25NO2. The Morgan fingerprint density at radius 1 is 1.38 bits per heavy atom. The van der Waals surface area contributed by atoms with Crippen molar-refractivity contribution in [2.45, 2.75) is 39.7 Å².